The Balaban J connectivity index is 1.56. The van der Waals surface area contributed by atoms with E-state index in [0.29, 0.717) is 18.0 Å². The number of hydrogen-bond acceptors (Lipinski definition) is 7. The van der Waals surface area contributed by atoms with Gasteiger partial charge in [0.1, 0.15) is 11.5 Å². The Morgan fingerprint density at radius 1 is 1.07 bits per heavy atom. The van der Waals surface area contributed by atoms with Crippen LogP contribution in [-0.4, -0.2) is 33.5 Å². The second-order valence-corrected chi connectivity index (χ2v) is 8.77. The summed E-state index contributed by atoms with van der Waals surface area (Å²) < 4.78 is 37.6. The number of benzene rings is 2. The Hall–Kier alpha value is -3.11. The number of anilines is 1. The molecule has 2 N–H and O–H groups in total. The summed E-state index contributed by atoms with van der Waals surface area (Å²) in [5.74, 6) is 1.06. The molecule has 0 radical (unpaired) electrons. The molecule has 0 aliphatic rings. The molecule has 3 aromatic rings. The van der Waals surface area contributed by atoms with Crippen molar-refractivity contribution >= 4 is 32.4 Å². The smallest absolute Gasteiger partial charge is 0.263 e. The van der Waals surface area contributed by atoms with Gasteiger partial charge in [0.15, 0.2) is 5.13 Å². The van der Waals surface area contributed by atoms with E-state index in [1.165, 1.54) is 19.2 Å². The number of carbonyl (C=O) groups is 1. The summed E-state index contributed by atoms with van der Waals surface area (Å²) in [4.78, 5) is 16.5. The predicted octanol–water partition coefficient (Wildman–Crippen LogP) is 2.82. The van der Waals surface area contributed by atoms with Crippen molar-refractivity contribution in [1.29, 1.82) is 0 Å². The molecule has 2 aromatic carbocycles. The number of carbonyl (C=O) groups excluding carboxylic acids is 1. The molecule has 30 heavy (non-hydrogen) atoms. The number of aromatic nitrogens is 1. The second kappa shape index (κ2) is 9.59. The van der Waals surface area contributed by atoms with Crippen LogP contribution in [0.4, 0.5) is 5.13 Å². The van der Waals surface area contributed by atoms with E-state index in [1.807, 2.05) is 24.3 Å². The first-order chi connectivity index (χ1) is 14.4. The number of methoxy groups -OCH3 is 2. The highest BCUT2D eigenvalue weighted by atomic mass is 32.2. The molecule has 0 spiro atoms. The minimum Gasteiger partial charge on any atom is -0.497 e. The molecule has 1 amide bonds. The lowest BCUT2D eigenvalue weighted by atomic mass is 10.2. The molecular formula is C20H21N3O5S2. The molecule has 1 heterocycles. The summed E-state index contributed by atoms with van der Waals surface area (Å²) in [6.07, 6.45) is 0.0464. The van der Waals surface area contributed by atoms with Gasteiger partial charge in [0, 0.05) is 11.9 Å². The number of nitrogens with zero attached hydrogens (tertiary/aromatic N) is 1. The summed E-state index contributed by atoms with van der Waals surface area (Å²) in [5, 5.41) is 4.66. The fourth-order valence-corrected chi connectivity index (χ4v) is 4.54. The molecule has 1 aromatic heterocycles. The Labute approximate surface area is 178 Å². The van der Waals surface area contributed by atoms with Gasteiger partial charge in [-0.15, -0.1) is 11.3 Å². The first kappa shape index (κ1) is 21.6. The topological polar surface area (TPSA) is 107 Å². The lowest BCUT2D eigenvalue weighted by molar-refractivity contribution is -0.120. The molecule has 10 heteroatoms. The highest BCUT2D eigenvalue weighted by Gasteiger charge is 2.17. The van der Waals surface area contributed by atoms with Gasteiger partial charge in [-0.1, -0.05) is 12.1 Å². The first-order valence-corrected chi connectivity index (χ1v) is 11.3. The van der Waals surface area contributed by atoms with Crippen molar-refractivity contribution in [3.05, 3.63) is 65.2 Å². The van der Waals surface area contributed by atoms with Crippen LogP contribution in [-0.2, 0) is 27.8 Å². The fourth-order valence-electron chi connectivity index (χ4n) is 2.57. The van der Waals surface area contributed by atoms with E-state index in [0.717, 1.165) is 22.6 Å². The van der Waals surface area contributed by atoms with E-state index in [-0.39, 0.29) is 22.4 Å². The minimum atomic E-state index is -3.78. The summed E-state index contributed by atoms with van der Waals surface area (Å²) in [6, 6.07) is 13.4. The van der Waals surface area contributed by atoms with Crippen LogP contribution < -0.4 is 19.5 Å². The van der Waals surface area contributed by atoms with Crippen LogP contribution in [0.15, 0.2) is 58.8 Å². The molecule has 8 nitrogen and oxygen atoms in total. The van der Waals surface area contributed by atoms with Crippen LogP contribution in [0.5, 0.6) is 11.5 Å². The normalized spacial score (nSPS) is 11.0. The van der Waals surface area contributed by atoms with Crippen molar-refractivity contribution in [1.82, 2.24) is 10.3 Å². The number of ether oxygens (including phenoxy) is 2. The molecule has 0 fully saturated rings. The third-order valence-corrected chi connectivity index (χ3v) is 6.40. The standard InChI is InChI=1S/C20H21N3O5S2/c1-27-16-6-8-18(9-7-16)30(25,26)23-20-22-15(13-29-20)11-19(24)21-12-14-4-3-5-17(10-14)28-2/h3-10,13H,11-12H2,1-2H3,(H,21,24)(H,22,23). The third-order valence-electron chi connectivity index (χ3n) is 4.11. The Kier molecular flexibility index (Phi) is 6.91. The van der Waals surface area contributed by atoms with E-state index in [4.69, 9.17) is 9.47 Å². The number of hydrogen-bond donors (Lipinski definition) is 2. The molecule has 0 aliphatic carbocycles. The molecule has 0 unspecified atom stereocenters. The van der Waals surface area contributed by atoms with Crippen molar-refractivity contribution < 1.29 is 22.7 Å². The van der Waals surface area contributed by atoms with Gasteiger partial charge in [0.25, 0.3) is 10.0 Å². The molecule has 0 bridgehead atoms. The summed E-state index contributed by atoms with van der Waals surface area (Å²) in [6.45, 7) is 0.358. The van der Waals surface area contributed by atoms with Gasteiger partial charge in [0.05, 0.1) is 31.2 Å². The second-order valence-electron chi connectivity index (χ2n) is 6.23. The minimum absolute atomic E-state index is 0.0464. The lowest BCUT2D eigenvalue weighted by Gasteiger charge is -2.07. The van der Waals surface area contributed by atoms with E-state index >= 15 is 0 Å². The van der Waals surface area contributed by atoms with Gasteiger partial charge >= 0.3 is 0 Å². The van der Waals surface area contributed by atoms with Gasteiger partial charge in [0.2, 0.25) is 5.91 Å². The number of amides is 1. The van der Waals surface area contributed by atoms with Crippen LogP contribution in [0.25, 0.3) is 0 Å². The molecule has 158 valence electrons. The lowest BCUT2D eigenvalue weighted by Crippen LogP contribution is -2.24. The van der Waals surface area contributed by atoms with E-state index in [1.54, 1.807) is 24.6 Å². The van der Waals surface area contributed by atoms with Crippen molar-refractivity contribution in [2.45, 2.75) is 17.9 Å². The van der Waals surface area contributed by atoms with Gasteiger partial charge < -0.3 is 14.8 Å². The van der Waals surface area contributed by atoms with Crippen LogP contribution in [0.1, 0.15) is 11.3 Å². The fraction of sp³-hybridized carbons (Fsp3) is 0.200. The number of thiazole rings is 1. The first-order valence-electron chi connectivity index (χ1n) is 8.90. The third kappa shape index (κ3) is 5.71. The van der Waals surface area contributed by atoms with Gasteiger partial charge in [-0.05, 0) is 42.0 Å². The molecule has 0 saturated heterocycles. The number of nitrogens with one attached hydrogen (secondary N) is 2. The maximum Gasteiger partial charge on any atom is 0.263 e. The zero-order chi connectivity index (χ0) is 21.6. The summed E-state index contributed by atoms with van der Waals surface area (Å²) >= 11 is 1.12. The number of sulfonamides is 1. The number of rotatable bonds is 9. The Morgan fingerprint density at radius 2 is 1.80 bits per heavy atom. The Morgan fingerprint density at radius 3 is 2.50 bits per heavy atom. The van der Waals surface area contributed by atoms with Crippen LogP contribution in [0.3, 0.4) is 0 Å². The predicted molar refractivity (Wildman–Crippen MR) is 114 cm³/mol. The van der Waals surface area contributed by atoms with Crippen LogP contribution in [0, 0.1) is 0 Å². The van der Waals surface area contributed by atoms with E-state index in [2.05, 4.69) is 15.0 Å². The van der Waals surface area contributed by atoms with Gasteiger partial charge in [-0.25, -0.2) is 13.4 Å². The average Bonchev–Trinajstić information content (AvgIpc) is 3.18. The van der Waals surface area contributed by atoms with Crippen molar-refractivity contribution in [2.75, 3.05) is 18.9 Å². The largest absolute Gasteiger partial charge is 0.497 e. The van der Waals surface area contributed by atoms with Crippen molar-refractivity contribution in [2.24, 2.45) is 0 Å². The van der Waals surface area contributed by atoms with E-state index in [9.17, 15) is 13.2 Å². The molecule has 0 saturated carbocycles. The van der Waals surface area contributed by atoms with Crippen molar-refractivity contribution in [3.63, 3.8) is 0 Å². The summed E-state index contributed by atoms with van der Waals surface area (Å²) in [7, 11) is -0.687. The molecule has 0 aliphatic heterocycles. The quantitative estimate of drug-likeness (QED) is 0.522. The Bertz CT molecular complexity index is 1110. The zero-order valence-corrected chi connectivity index (χ0v) is 18.0. The van der Waals surface area contributed by atoms with Gasteiger partial charge in [-0.2, -0.15) is 0 Å². The average molecular weight is 448 g/mol. The maximum atomic E-state index is 12.5. The van der Waals surface area contributed by atoms with Crippen LogP contribution in [0.2, 0.25) is 0 Å². The molecule has 3 rings (SSSR count). The maximum absolute atomic E-state index is 12.5. The highest BCUT2D eigenvalue weighted by molar-refractivity contribution is 7.93. The molecular weight excluding hydrogens is 426 g/mol. The zero-order valence-electron chi connectivity index (χ0n) is 16.4. The van der Waals surface area contributed by atoms with Gasteiger partial charge in [-0.3, -0.25) is 9.52 Å². The van der Waals surface area contributed by atoms with Crippen molar-refractivity contribution in [3.8, 4) is 11.5 Å². The SMILES string of the molecule is COc1ccc(S(=O)(=O)Nc2nc(CC(=O)NCc3cccc(OC)c3)cs2)cc1. The van der Waals surface area contributed by atoms with Crippen LogP contribution >= 0.6 is 11.3 Å². The van der Waals surface area contributed by atoms with E-state index < -0.39 is 10.0 Å². The monoisotopic (exact) mass is 447 g/mol. The summed E-state index contributed by atoms with van der Waals surface area (Å²) in [5.41, 5.74) is 1.39. The molecule has 0 atom stereocenters. The highest BCUT2D eigenvalue weighted by Crippen LogP contribution is 2.22.